The molecule has 0 atom stereocenters. The second-order valence-corrected chi connectivity index (χ2v) is 3.32. The maximum absolute atomic E-state index is 11.0. The van der Waals surface area contributed by atoms with Crippen molar-refractivity contribution in [2.24, 2.45) is 0 Å². The molecular weight excluding hydrogens is 111 g/mol. The maximum atomic E-state index is 11.0. The molecule has 1 aliphatic carbocycles. The third kappa shape index (κ3) is 1.17. The number of hydrogen-bond acceptors (Lipinski definition) is 1. The average Bonchev–Trinajstić information content (AvgIpc) is 2.16. The molecule has 0 amide bonds. The zero-order valence-electron chi connectivity index (χ0n) is 6.24. The SMILES string of the molecule is BC1(C(C)=O)CCCC1. The first-order chi connectivity index (χ1) is 4.15. The fourth-order valence-corrected chi connectivity index (χ4v) is 1.51. The Morgan fingerprint density at radius 1 is 1.44 bits per heavy atom. The lowest BCUT2D eigenvalue weighted by atomic mass is 9.65. The van der Waals surface area contributed by atoms with Crippen molar-refractivity contribution in [3.63, 3.8) is 0 Å². The summed E-state index contributed by atoms with van der Waals surface area (Å²) in [5.74, 6) is 0.375. The minimum absolute atomic E-state index is 0.0556. The van der Waals surface area contributed by atoms with Crippen LogP contribution in [0.5, 0.6) is 0 Å². The van der Waals surface area contributed by atoms with E-state index in [1.165, 1.54) is 12.8 Å². The molecule has 0 aromatic heterocycles. The molecule has 0 aromatic rings. The zero-order chi connectivity index (χ0) is 6.91. The van der Waals surface area contributed by atoms with Crippen molar-refractivity contribution in [3.05, 3.63) is 0 Å². The van der Waals surface area contributed by atoms with Crippen molar-refractivity contribution in [3.8, 4) is 0 Å². The van der Waals surface area contributed by atoms with Gasteiger partial charge in [0.05, 0.1) is 0 Å². The van der Waals surface area contributed by atoms with E-state index in [0.29, 0.717) is 5.78 Å². The Bertz CT molecular complexity index is 125. The second kappa shape index (κ2) is 2.16. The van der Waals surface area contributed by atoms with Crippen LogP contribution in [0.2, 0.25) is 5.31 Å². The second-order valence-electron chi connectivity index (χ2n) is 3.32. The van der Waals surface area contributed by atoms with Crippen LogP contribution in [0.3, 0.4) is 0 Å². The van der Waals surface area contributed by atoms with Gasteiger partial charge in [-0.1, -0.05) is 12.8 Å². The number of Topliss-reactive ketones (excluding diaryl/α,β-unsaturated/α-hetero) is 1. The van der Waals surface area contributed by atoms with E-state index >= 15 is 0 Å². The Labute approximate surface area is 57.2 Å². The number of rotatable bonds is 1. The fraction of sp³-hybridized carbons (Fsp3) is 0.857. The molecule has 1 fully saturated rings. The molecule has 1 rings (SSSR count). The Morgan fingerprint density at radius 2 is 1.89 bits per heavy atom. The predicted octanol–water partition coefficient (Wildman–Crippen LogP) is 0.941. The van der Waals surface area contributed by atoms with Crippen LogP contribution < -0.4 is 0 Å². The third-order valence-corrected chi connectivity index (χ3v) is 2.56. The van der Waals surface area contributed by atoms with E-state index in [1.54, 1.807) is 6.92 Å². The van der Waals surface area contributed by atoms with Crippen LogP contribution in [-0.4, -0.2) is 13.6 Å². The van der Waals surface area contributed by atoms with Crippen molar-refractivity contribution in [2.45, 2.75) is 37.9 Å². The van der Waals surface area contributed by atoms with Crippen molar-refractivity contribution < 1.29 is 4.79 Å². The molecule has 0 unspecified atom stereocenters. The number of carbonyl (C=O) groups excluding carboxylic acids is 1. The first kappa shape index (κ1) is 6.85. The summed E-state index contributed by atoms with van der Waals surface area (Å²) in [6.45, 7) is 1.71. The van der Waals surface area contributed by atoms with Crippen LogP contribution >= 0.6 is 0 Å². The van der Waals surface area contributed by atoms with E-state index in [-0.39, 0.29) is 5.31 Å². The van der Waals surface area contributed by atoms with Crippen LogP contribution in [0.15, 0.2) is 0 Å². The van der Waals surface area contributed by atoms with Gasteiger partial charge in [-0.2, -0.15) is 0 Å². The van der Waals surface area contributed by atoms with Crippen molar-refractivity contribution in [1.29, 1.82) is 0 Å². The molecule has 0 heterocycles. The lowest BCUT2D eigenvalue weighted by molar-refractivity contribution is -0.119. The first-order valence-electron chi connectivity index (χ1n) is 3.66. The summed E-state index contributed by atoms with van der Waals surface area (Å²) in [5, 5.41) is 0.0556. The summed E-state index contributed by atoms with van der Waals surface area (Å²) in [7, 11) is 2.09. The monoisotopic (exact) mass is 124 g/mol. The third-order valence-electron chi connectivity index (χ3n) is 2.56. The minimum atomic E-state index is 0.0556. The molecule has 0 bridgehead atoms. The van der Waals surface area contributed by atoms with Gasteiger partial charge in [0.25, 0.3) is 0 Å². The molecule has 1 nitrogen and oxygen atoms in total. The number of ketones is 1. The molecule has 2 heteroatoms. The predicted molar refractivity (Wildman–Crippen MR) is 40.4 cm³/mol. The topological polar surface area (TPSA) is 17.1 Å². The Hall–Kier alpha value is -0.265. The summed E-state index contributed by atoms with van der Waals surface area (Å²) in [4.78, 5) is 11.0. The molecule has 1 saturated carbocycles. The van der Waals surface area contributed by atoms with Gasteiger partial charge < -0.3 is 4.79 Å². The Morgan fingerprint density at radius 3 is 2.11 bits per heavy atom. The Balaban J connectivity index is 2.61. The van der Waals surface area contributed by atoms with Gasteiger partial charge in [-0.25, -0.2) is 0 Å². The van der Waals surface area contributed by atoms with Crippen molar-refractivity contribution in [2.75, 3.05) is 0 Å². The smallest absolute Gasteiger partial charge is 0.127 e. The first-order valence-corrected chi connectivity index (χ1v) is 3.66. The fourth-order valence-electron chi connectivity index (χ4n) is 1.51. The number of carbonyl (C=O) groups is 1. The van der Waals surface area contributed by atoms with E-state index in [0.717, 1.165) is 12.8 Å². The molecule has 0 aromatic carbocycles. The van der Waals surface area contributed by atoms with Crippen LogP contribution in [0.4, 0.5) is 0 Å². The zero-order valence-corrected chi connectivity index (χ0v) is 6.24. The summed E-state index contributed by atoms with van der Waals surface area (Å²) in [6, 6.07) is 0. The lowest BCUT2D eigenvalue weighted by Crippen LogP contribution is -2.17. The van der Waals surface area contributed by atoms with E-state index < -0.39 is 0 Å². The highest BCUT2D eigenvalue weighted by Gasteiger charge is 2.32. The van der Waals surface area contributed by atoms with Gasteiger partial charge in [-0.15, -0.1) is 0 Å². The molecule has 0 saturated heterocycles. The van der Waals surface area contributed by atoms with Crippen LogP contribution in [0, 0.1) is 0 Å². The normalized spacial score (nSPS) is 24.1. The minimum Gasteiger partial charge on any atom is -0.300 e. The van der Waals surface area contributed by atoms with Crippen LogP contribution in [0.1, 0.15) is 32.6 Å². The van der Waals surface area contributed by atoms with Crippen LogP contribution in [0.25, 0.3) is 0 Å². The summed E-state index contributed by atoms with van der Waals surface area (Å²) < 4.78 is 0. The maximum Gasteiger partial charge on any atom is 0.127 e. The van der Waals surface area contributed by atoms with Crippen LogP contribution in [-0.2, 0) is 4.79 Å². The van der Waals surface area contributed by atoms with E-state index in [1.807, 2.05) is 0 Å². The molecule has 1 aliphatic rings. The molecule has 0 aliphatic heterocycles. The van der Waals surface area contributed by atoms with Crippen molar-refractivity contribution in [1.82, 2.24) is 0 Å². The molecule has 50 valence electrons. The molecule has 0 N–H and O–H groups in total. The largest absolute Gasteiger partial charge is 0.300 e. The lowest BCUT2D eigenvalue weighted by Gasteiger charge is -2.18. The summed E-state index contributed by atoms with van der Waals surface area (Å²) in [5.41, 5.74) is 0. The highest BCUT2D eigenvalue weighted by molar-refractivity contribution is 6.28. The van der Waals surface area contributed by atoms with Gasteiger partial charge in [0.1, 0.15) is 13.6 Å². The van der Waals surface area contributed by atoms with Gasteiger partial charge in [-0.05, 0) is 25.1 Å². The van der Waals surface area contributed by atoms with E-state index in [9.17, 15) is 4.79 Å². The number of hydrogen-bond donors (Lipinski definition) is 0. The highest BCUT2D eigenvalue weighted by Crippen LogP contribution is 2.42. The van der Waals surface area contributed by atoms with Gasteiger partial charge in [0.15, 0.2) is 0 Å². The standard InChI is InChI=1S/C7H13BO/c1-6(9)7(8)4-2-3-5-7/h2-5,8H2,1H3. The van der Waals surface area contributed by atoms with Gasteiger partial charge >= 0.3 is 0 Å². The summed E-state index contributed by atoms with van der Waals surface area (Å²) in [6.07, 6.45) is 4.72. The van der Waals surface area contributed by atoms with Crippen molar-refractivity contribution >= 4 is 13.6 Å². The average molecular weight is 124 g/mol. The van der Waals surface area contributed by atoms with E-state index in [4.69, 9.17) is 0 Å². The molecular formula is C7H13BO. The van der Waals surface area contributed by atoms with E-state index in [2.05, 4.69) is 7.85 Å². The molecule has 0 radical (unpaired) electrons. The van der Waals surface area contributed by atoms with Gasteiger partial charge in [0.2, 0.25) is 0 Å². The summed E-state index contributed by atoms with van der Waals surface area (Å²) >= 11 is 0. The quantitative estimate of drug-likeness (QED) is 0.475. The van der Waals surface area contributed by atoms with Gasteiger partial charge in [0, 0.05) is 0 Å². The highest BCUT2D eigenvalue weighted by atomic mass is 16.1. The van der Waals surface area contributed by atoms with Gasteiger partial charge in [-0.3, -0.25) is 0 Å². The Kier molecular flexibility index (Phi) is 1.65. The molecule has 9 heavy (non-hydrogen) atoms. The molecule has 0 spiro atoms.